The molecule has 1 saturated heterocycles. The fourth-order valence-electron chi connectivity index (χ4n) is 3.85. The van der Waals surface area contributed by atoms with Gasteiger partial charge in [-0.15, -0.1) is 0 Å². The molecule has 1 amide bonds. The Morgan fingerprint density at radius 3 is 2.38 bits per heavy atom. The average molecular weight is 518 g/mol. The molecule has 1 fully saturated rings. The summed E-state index contributed by atoms with van der Waals surface area (Å²) in [5.74, 6) is 0.896. The van der Waals surface area contributed by atoms with Crippen LogP contribution in [0.4, 0.5) is 5.69 Å². The summed E-state index contributed by atoms with van der Waals surface area (Å²) in [6.07, 6.45) is 1.79. The summed E-state index contributed by atoms with van der Waals surface area (Å²) in [5.41, 5.74) is 5.09. The molecule has 0 spiro atoms. The molecule has 190 valence electrons. The number of carbonyl (C=O) groups is 1. The Labute approximate surface area is 219 Å². The van der Waals surface area contributed by atoms with E-state index in [2.05, 4.69) is 42.4 Å². The smallest absolute Gasteiger partial charge is 0.269 e. The minimum Gasteiger partial charge on any atom is -0.490 e. The predicted molar refractivity (Wildman–Crippen MR) is 146 cm³/mol. The van der Waals surface area contributed by atoms with E-state index in [0.29, 0.717) is 34.7 Å². The van der Waals surface area contributed by atoms with Crippen LogP contribution in [0.2, 0.25) is 0 Å². The van der Waals surface area contributed by atoms with Crippen LogP contribution in [0, 0.1) is 24.0 Å². The van der Waals surface area contributed by atoms with Crippen molar-refractivity contribution in [3.8, 4) is 11.5 Å². The van der Waals surface area contributed by atoms with Crippen molar-refractivity contribution >= 4 is 34.6 Å². The molecule has 0 radical (unpaired) electrons. The maximum absolute atomic E-state index is 12.5. The first-order valence-corrected chi connectivity index (χ1v) is 12.6. The predicted octanol–water partition coefficient (Wildman–Crippen LogP) is 5.95. The van der Waals surface area contributed by atoms with E-state index in [1.807, 2.05) is 19.1 Å². The zero-order valence-electron chi connectivity index (χ0n) is 20.8. The number of rotatable bonds is 9. The molecule has 3 aromatic rings. The third-order valence-corrected chi connectivity index (χ3v) is 6.39. The Kier molecular flexibility index (Phi) is 8.25. The largest absolute Gasteiger partial charge is 0.490 e. The molecule has 1 N–H and O–H groups in total. The molecule has 0 unspecified atom stereocenters. The third kappa shape index (κ3) is 6.98. The lowest BCUT2D eigenvalue weighted by Gasteiger charge is -2.13. The van der Waals surface area contributed by atoms with Gasteiger partial charge < -0.3 is 14.8 Å². The van der Waals surface area contributed by atoms with E-state index in [1.54, 1.807) is 24.3 Å². The van der Waals surface area contributed by atoms with Gasteiger partial charge in [0.15, 0.2) is 16.7 Å². The van der Waals surface area contributed by atoms with Crippen LogP contribution >= 0.6 is 11.8 Å². The average Bonchev–Trinajstić information content (AvgIpc) is 3.21. The lowest BCUT2D eigenvalue weighted by Crippen LogP contribution is -2.19. The molecule has 8 nitrogen and oxygen atoms in total. The molecule has 0 bridgehead atoms. The number of benzene rings is 3. The lowest BCUT2D eigenvalue weighted by atomic mass is 10.1. The molecule has 0 aliphatic carbocycles. The standard InChI is InChI=1S/C28H27N3O5S/c1-4-35-25-14-21(7-10-24(25)36-17-20-5-8-23(9-6-20)31(33)34)15-26-27(32)30-28(37-26)29-16-22-12-18(2)11-19(3)13-22/h5-15H,4,16-17H2,1-3H3,(H,29,30,32)/b26-15-. The molecule has 1 aliphatic heterocycles. The summed E-state index contributed by atoms with van der Waals surface area (Å²) in [6, 6.07) is 18.0. The molecule has 1 heterocycles. The number of amidine groups is 1. The quantitative estimate of drug-likeness (QED) is 0.214. The van der Waals surface area contributed by atoms with E-state index in [4.69, 9.17) is 9.47 Å². The number of nitrogens with one attached hydrogen (secondary N) is 1. The SMILES string of the molecule is CCOc1cc(/C=C2\SC(=NCc3cc(C)cc(C)c3)NC2=O)ccc1OCc1ccc([N+](=O)[O-])cc1. The van der Waals surface area contributed by atoms with Gasteiger partial charge in [-0.2, -0.15) is 0 Å². The van der Waals surface area contributed by atoms with Gasteiger partial charge in [-0.3, -0.25) is 19.9 Å². The van der Waals surface area contributed by atoms with E-state index in [1.165, 1.54) is 35.0 Å². The van der Waals surface area contributed by atoms with Gasteiger partial charge in [-0.05, 0) is 79.6 Å². The number of ether oxygens (including phenoxy) is 2. The van der Waals surface area contributed by atoms with Gasteiger partial charge >= 0.3 is 0 Å². The Hall–Kier alpha value is -4.11. The van der Waals surface area contributed by atoms with Gasteiger partial charge in [0, 0.05) is 12.1 Å². The van der Waals surface area contributed by atoms with Crippen molar-refractivity contribution in [1.29, 1.82) is 0 Å². The lowest BCUT2D eigenvalue weighted by molar-refractivity contribution is -0.384. The molecule has 37 heavy (non-hydrogen) atoms. The maximum Gasteiger partial charge on any atom is 0.269 e. The first-order chi connectivity index (χ1) is 17.8. The topological polar surface area (TPSA) is 103 Å². The minimum absolute atomic E-state index is 0.0310. The fourth-order valence-corrected chi connectivity index (χ4v) is 4.67. The first-order valence-electron chi connectivity index (χ1n) is 11.8. The highest BCUT2D eigenvalue weighted by Crippen LogP contribution is 2.32. The monoisotopic (exact) mass is 517 g/mol. The highest BCUT2D eigenvalue weighted by atomic mass is 32.2. The summed E-state index contributed by atoms with van der Waals surface area (Å²) in [6.45, 7) is 7.16. The Balaban J connectivity index is 1.45. The third-order valence-electron chi connectivity index (χ3n) is 5.44. The number of hydrogen-bond donors (Lipinski definition) is 1. The van der Waals surface area contributed by atoms with Crippen LogP contribution in [-0.4, -0.2) is 22.6 Å². The Bertz CT molecular complexity index is 1360. The molecule has 0 atom stereocenters. The Morgan fingerprint density at radius 1 is 0.973 bits per heavy atom. The molecule has 1 aliphatic rings. The van der Waals surface area contributed by atoms with Gasteiger partial charge in [0.05, 0.1) is 23.0 Å². The van der Waals surface area contributed by atoms with Crippen LogP contribution in [-0.2, 0) is 17.9 Å². The van der Waals surface area contributed by atoms with Crippen molar-refractivity contribution in [3.05, 3.63) is 104 Å². The van der Waals surface area contributed by atoms with E-state index in [-0.39, 0.29) is 18.2 Å². The van der Waals surface area contributed by atoms with Crippen molar-refractivity contribution < 1.29 is 19.2 Å². The number of non-ortho nitro benzene ring substituents is 1. The number of amides is 1. The van der Waals surface area contributed by atoms with Crippen LogP contribution in [0.25, 0.3) is 6.08 Å². The van der Waals surface area contributed by atoms with Crippen LogP contribution < -0.4 is 14.8 Å². The summed E-state index contributed by atoms with van der Waals surface area (Å²) in [7, 11) is 0. The van der Waals surface area contributed by atoms with Crippen molar-refractivity contribution in [2.45, 2.75) is 33.9 Å². The number of aryl methyl sites for hydroxylation is 2. The first kappa shape index (κ1) is 26.0. The summed E-state index contributed by atoms with van der Waals surface area (Å²) in [5, 5.41) is 14.2. The highest BCUT2D eigenvalue weighted by Gasteiger charge is 2.23. The molecule has 0 aromatic heterocycles. The molecule has 3 aromatic carbocycles. The van der Waals surface area contributed by atoms with Gasteiger partial charge in [-0.25, -0.2) is 0 Å². The molecule has 4 rings (SSSR count). The second-order valence-corrected chi connectivity index (χ2v) is 9.56. The number of thioether (sulfide) groups is 1. The fraction of sp³-hybridized carbons (Fsp3) is 0.214. The van der Waals surface area contributed by atoms with Gasteiger partial charge in [0.1, 0.15) is 6.61 Å². The number of hydrogen-bond acceptors (Lipinski definition) is 7. The highest BCUT2D eigenvalue weighted by molar-refractivity contribution is 8.18. The number of nitro groups is 1. The van der Waals surface area contributed by atoms with Crippen molar-refractivity contribution in [3.63, 3.8) is 0 Å². The van der Waals surface area contributed by atoms with Crippen molar-refractivity contribution in [1.82, 2.24) is 5.32 Å². The minimum atomic E-state index is -0.437. The number of aliphatic imine (C=N–C) groups is 1. The van der Waals surface area contributed by atoms with Gasteiger partial charge in [-0.1, -0.05) is 35.4 Å². The van der Waals surface area contributed by atoms with Crippen LogP contribution in [0.1, 0.15) is 34.7 Å². The van der Waals surface area contributed by atoms with Crippen molar-refractivity contribution in [2.75, 3.05) is 6.61 Å². The number of nitro benzene ring substituents is 1. The molecular formula is C28H27N3O5S. The summed E-state index contributed by atoms with van der Waals surface area (Å²) < 4.78 is 11.7. The normalized spacial score (nSPS) is 15.2. The van der Waals surface area contributed by atoms with E-state index >= 15 is 0 Å². The van der Waals surface area contributed by atoms with E-state index in [9.17, 15) is 14.9 Å². The van der Waals surface area contributed by atoms with Gasteiger partial charge in [0.25, 0.3) is 11.6 Å². The maximum atomic E-state index is 12.5. The van der Waals surface area contributed by atoms with E-state index in [0.717, 1.165) is 16.7 Å². The van der Waals surface area contributed by atoms with E-state index < -0.39 is 4.92 Å². The number of carbonyl (C=O) groups excluding carboxylic acids is 1. The van der Waals surface area contributed by atoms with Gasteiger partial charge in [0.2, 0.25) is 0 Å². The zero-order valence-corrected chi connectivity index (χ0v) is 21.6. The van der Waals surface area contributed by atoms with Crippen LogP contribution in [0.5, 0.6) is 11.5 Å². The van der Waals surface area contributed by atoms with Crippen LogP contribution in [0.3, 0.4) is 0 Å². The second-order valence-electron chi connectivity index (χ2n) is 8.53. The number of nitrogens with zero attached hydrogens (tertiary/aromatic N) is 2. The zero-order chi connectivity index (χ0) is 26.4. The molecule has 9 heteroatoms. The van der Waals surface area contributed by atoms with Crippen LogP contribution in [0.15, 0.2) is 70.6 Å². The van der Waals surface area contributed by atoms with Crippen molar-refractivity contribution in [2.24, 2.45) is 4.99 Å². The second kappa shape index (κ2) is 11.7. The summed E-state index contributed by atoms with van der Waals surface area (Å²) >= 11 is 1.31. The summed E-state index contributed by atoms with van der Waals surface area (Å²) in [4.78, 5) is 28.0. The Morgan fingerprint density at radius 2 is 1.70 bits per heavy atom. The molecular weight excluding hydrogens is 490 g/mol. The molecule has 0 saturated carbocycles.